The highest BCUT2D eigenvalue weighted by Crippen LogP contribution is 2.15. The summed E-state index contributed by atoms with van der Waals surface area (Å²) >= 11 is 3.42. The summed E-state index contributed by atoms with van der Waals surface area (Å²) in [6.07, 6.45) is 1.65. The molecule has 1 heterocycles. The Balaban J connectivity index is 1.81. The molecule has 2 aromatic rings. The third-order valence-corrected chi connectivity index (χ3v) is 3.24. The highest BCUT2D eigenvalue weighted by atomic mass is 79.9. The van der Waals surface area contributed by atoms with E-state index in [1.165, 1.54) is 0 Å². The molecule has 0 saturated heterocycles. The number of aryl methyl sites for hydroxylation is 1. The van der Waals surface area contributed by atoms with Gasteiger partial charge in [0.05, 0.1) is 12.2 Å². The maximum atomic E-state index is 11.6. The van der Waals surface area contributed by atoms with E-state index in [1.54, 1.807) is 6.20 Å². The quantitative estimate of drug-likeness (QED) is 0.809. The number of carbonyl (C=O) groups excluding carboxylic acids is 1. The van der Waals surface area contributed by atoms with Crippen molar-refractivity contribution >= 4 is 22.0 Å². The molecule has 1 aromatic heterocycles. The Bertz CT molecular complexity index is 554. The molecule has 0 bridgehead atoms. The SMILES string of the molecule is Cc1ccc(Br)cc1CNC(=O)NCc1ccn[nH]1. The second-order valence-electron chi connectivity index (χ2n) is 4.19. The van der Waals surface area contributed by atoms with Gasteiger partial charge in [-0.05, 0) is 36.2 Å². The van der Waals surface area contributed by atoms with Crippen LogP contribution >= 0.6 is 15.9 Å². The summed E-state index contributed by atoms with van der Waals surface area (Å²) in [5.41, 5.74) is 3.11. The Hall–Kier alpha value is -1.82. The minimum atomic E-state index is -0.200. The zero-order valence-corrected chi connectivity index (χ0v) is 12.1. The van der Waals surface area contributed by atoms with Gasteiger partial charge >= 0.3 is 6.03 Å². The predicted molar refractivity (Wildman–Crippen MR) is 76.5 cm³/mol. The second-order valence-corrected chi connectivity index (χ2v) is 5.10. The fourth-order valence-electron chi connectivity index (χ4n) is 1.63. The Morgan fingerprint density at radius 3 is 2.84 bits per heavy atom. The monoisotopic (exact) mass is 322 g/mol. The number of urea groups is 1. The Morgan fingerprint density at radius 1 is 1.32 bits per heavy atom. The van der Waals surface area contributed by atoms with Gasteiger partial charge in [0.15, 0.2) is 0 Å². The van der Waals surface area contributed by atoms with Crippen molar-refractivity contribution in [1.82, 2.24) is 20.8 Å². The zero-order chi connectivity index (χ0) is 13.7. The number of aromatic amines is 1. The van der Waals surface area contributed by atoms with E-state index in [1.807, 2.05) is 31.2 Å². The van der Waals surface area contributed by atoms with E-state index in [2.05, 4.69) is 36.8 Å². The van der Waals surface area contributed by atoms with Crippen molar-refractivity contribution in [3.8, 4) is 0 Å². The van der Waals surface area contributed by atoms with Crippen molar-refractivity contribution in [3.63, 3.8) is 0 Å². The molecule has 5 nitrogen and oxygen atoms in total. The normalized spacial score (nSPS) is 10.2. The third kappa shape index (κ3) is 4.10. The van der Waals surface area contributed by atoms with E-state index in [0.717, 1.165) is 21.3 Å². The molecule has 100 valence electrons. The number of hydrogen-bond acceptors (Lipinski definition) is 2. The van der Waals surface area contributed by atoms with Crippen molar-refractivity contribution in [2.45, 2.75) is 20.0 Å². The number of nitrogens with one attached hydrogen (secondary N) is 3. The first-order valence-corrected chi connectivity index (χ1v) is 6.69. The van der Waals surface area contributed by atoms with Crippen molar-refractivity contribution in [1.29, 1.82) is 0 Å². The Kier molecular flexibility index (Phi) is 4.57. The van der Waals surface area contributed by atoms with Crippen LogP contribution in [0.4, 0.5) is 4.79 Å². The number of rotatable bonds is 4. The van der Waals surface area contributed by atoms with Crippen LogP contribution in [0.5, 0.6) is 0 Å². The summed E-state index contributed by atoms with van der Waals surface area (Å²) < 4.78 is 1.01. The van der Waals surface area contributed by atoms with Gasteiger partial charge in [-0.3, -0.25) is 5.10 Å². The van der Waals surface area contributed by atoms with Crippen molar-refractivity contribution < 1.29 is 4.79 Å². The Morgan fingerprint density at radius 2 is 2.11 bits per heavy atom. The van der Waals surface area contributed by atoms with Crippen molar-refractivity contribution in [2.75, 3.05) is 0 Å². The van der Waals surface area contributed by atoms with E-state index in [-0.39, 0.29) is 6.03 Å². The molecule has 2 rings (SSSR count). The van der Waals surface area contributed by atoms with Gasteiger partial charge in [-0.1, -0.05) is 22.0 Å². The number of halogens is 1. The summed E-state index contributed by atoms with van der Waals surface area (Å²) in [6, 6.07) is 7.62. The highest BCUT2D eigenvalue weighted by molar-refractivity contribution is 9.10. The second kappa shape index (κ2) is 6.38. The van der Waals surface area contributed by atoms with Gasteiger partial charge in [0, 0.05) is 17.2 Å². The highest BCUT2D eigenvalue weighted by Gasteiger charge is 2.03. The van der Waals surface area contributed by atoms with Crippen LogP contribution in [-0.2, 0) is 13.1 Å². The molecule has 6 heteroatoms. The van der Waals surface area contributed by atoms with Gasteiger partial charge in [0.2, 0.25) is 0 Å². The first kappa shape index (κ1) is 13.6. The number of aromatic nitrogens is 2. The fourth-order valence-corrected chi connectivity index (χ4v) is 2.04. The van der Waals surface area contributed by atoms with Gasteiger partial charge in [-0.2, -0.15) is 5.10 Å². The molecule has 0 fully saturated rings. The lowest BCUT2D eigenvalue weighted by Gasteiger charge is -2.09. The molecule has 0 spiro atoms. The average molecular weight is 323 g/mol. The first-order chi connectivity index (χ1) is 9.15. The summed E-state index contributed by atoms with van der Waals surface area (Å²) in [5.74, 6) is 0. The van der Waals surface area contributed by atoms with Crippen molar-refractivity contribution in [3.05, 3.63) is 51.8 Å². The van der Waals surface area contributed by atoms with Crippen LogP contribution < -0.4 is 10.6 Å². The molecule has 3 N–H and O–H groups in total. The molecule has 0 aliphatic rings. The number of amides is 2. The van der Waals surface area contributed by atoms with Crippen LogP contribution in [0.2, 0.25) is 0 Å². The topological polar surface area (TPSA) is 69.8 Å². The van der Waals surface area contributed by atoms with Crippen molar-refractivity contribution in [2.24, 2.45) is 0 Å². The predicted octanol–water partition coefficient (Wildman–Crippen LogP) is 2.48. The van der Waals surface area contributed by atoms with Gasteiger partial charge < -0.3 is 10.6 Å². The van der Waals surface area contributed by atoms with Gasteiger partial charge in [-0.25, -0.2) is 4.79 Å². The molecule has 0 aliphatic carbocycles. The van der Waals surface area contributed by atoms with E-state index in [0.29, 0.717) is 13.1 Å². The molecule has 0 saturated carbocycles. The van der Waals surface area contributed by atoms with Crippen LogP contribution in [0.3, 0.4) is 0 Å². The molecule has 0 unspecified atom stereocenters. The lowest BCUT2D eigenvalue weighted by Crippen LogP contribution is -2.34. The third-order valence-electron chi connectivity index (χ3n) is 2.75. The maximum absolute atomic E-state index is 11.6. The van der Waals surface area contributed by atoms with Crippen LogP contribution in [0, 0.1) is 6.92 Å². The number of nitrogens with zero attached hydrogens (tertiary/aromatic N) is 1. The maximum Gasteiger partial charge on any atom is 0.315 e. The molecule has 0 atom stereocenters. The number of hydrogen-bond donors (Lipinski definition) is 3. The molecule has 0 aliphatic heterocycles. The lowest BCUT2D eigenvalue weighted by atomic mass is 10.1. The van der Waals surface area contributed by atoms with Gasteiger partial charge in [0.1, 0.15) is 0 Å². The van der Waals surface area contributed by atoms with E-state index in [4.69, 9.17) is 0 Å². The van der Waals surface area contributed by atoms with Crippen LogP contribution in [0.15, 0.2) is 34.9 Å². The zero-order valence-electron chi connectivity index (χ0n) is 10.5. The van der Waals surface area contributed by atoms with E-state index < -0.39 is 0 Å². The molecule has 2 amide bonds. The van der Waals surface area contributed by atoms with Gasteiger partial charge in [-0.15, -0.1) is 0 Å². The van der Waals surface area contributed by atoms with Crippen LogP contribution in [0.1, 0.15) is 16.8 Å². The van der Waals surface area contributed by atoms with E-state index in [9.17, 15) is 4.79 Å². The van der Waals surface area contributed by atoms with Crippen LogP contribution in [-0.4, -0.2) is 16.2 Å². The standard InChI is InChI=1S/C13H15BrN4O/c1-9-2-3-11(14)6-10(9)7-15-13(19)16-8-12-4-5-17-18-12/h2-6H,7-8H2,1H3,(H,17,18)(H2,15,16,19). The number of carbonyl (C=O) groups is 1. The lowest BCUT2D eigenvalue weighted by molar-refractivity contribution is 0.240. The molecule has 1 aromatic carbocycles. The summed E-state index contributed by atoms with van der Waals surface area (Å²) in [6.45, 7) is 2.95. The average Bonchev–Trinajstić information content (AvgIpc) is 2.90. The molecule has 0 radical (unpaired) electrons. The fraction of sp³-hybridized carbons (Fsp3) is 0.231. The minimum Gasteiger partial charge on any atom is -0.334 e. The number of benzene rings is 1. The number of H-pyrrole nitrogens is 1. The first-order valence-electron chi connectivity index (χ1n) is 5.90. The Labute approximate surface area is 119 Å². The van der Waals surface area contributed by atoms with E-state index >= 15 is 0 Å². The summed E-state index contributed by atoms with van der Waals surface area (Å²) in [4.78, 5) is 11.6. The summed E-state index contributed by atoms with van der Waals surface area (Å²) in [7, 11) is 0. The molecular formula is C13H15BrN4O. The minimum absolute atomic E-state index is 0.200. The van der Waals surface area contributed by atoms with Crippen LogP contribution in [0.25, 0.3) is 0 Å². The molecule has 19 heavy (non-hydrogen) atoms. The van der Waals surface area contributed by atoms with Gasteiger partial charge in [0.25, 0.3) is 0 Å². The smallest absolute Gasteiger partial charge is 0.315 e. The largest absolute Gasteiger partial charge is 0.334 e. The summed E-state index contributed by atoms with van der Waals surface area (Å²) in [5, 5.41) is 12.2. The molecular weight excluding hydrogens is 308 g/mol.